The van der Waals surface area contributed by atoms with Gasteiger partial charge in [0.25, 0.3) is 5.91 Å². The maximum absolute atomic E-state index is 11.8. The highest BCUT2D eigenvalue weighted by Crippen LogP contribution is 2.13. The lowest BCUT2D eigenvalue weighted by Crippen LogP contribution is -2.24. The van der Waals surface area contributed by atoms with Crippen molar-refractivity contribution >= 4 is 11.6 Å². The summed E-state index contributed by atoms with van der Waals surface area (Å²) in [6, 6.07) is 11.5. The van der Waals surface area contributed by atoms with Crippen LogP contribution < -0.4 is 10.6 Å². The third-order valence-corrected chi connectivity index (χ3v) is 2.62. The minimum Gasteiger partial charge on any atom is -0.508 e. The summed E-state index contributed by atoms with van der Waals surface area (Å²) >= 11 is 0. The van der Waals surface area contributed by atoms with E-state index in [-0.39, 0.29) is 17.9 Å². The van der Waals surface area contributed by atoms with E-state index in [2.05, 4.69) is 10.6 Å². The average molecular weight is 283 g/mol. The quantitative estimate of drug-likeness (QED) is 0.443. The summed E-state index contributed by atoms with van der Waals surface area (Å²) in [7, 11) is 0. The summed E-state index contributed by atoms with van der Waals surface area (Å²) < 4.78 is 5.08. The van der Waals surface area contributed by atoms with Crippen LogP contribution in [-0.4, -0.2) is 11.0 Å². The van der Waals surface area contributed by atoms with Gasteiger partial charge in [0.2, 0.25) is 0 Å². The molecule has 0 radical (unpaired) electrons. The van der Waals surface area contributed by atoms with Crippen molar-refractivity contribution in [2.75, 3.05) is 5.32 Å². The van der Waals surface area contributed by atoms with Crippen molar-refractivity contribution in [2.45, 2.75) is 6.54 Å². The first-order chi connectivity index (χ1) is 10.2. The molecule has 0 bridgehead atoms. The second kappa shape index (κ2) is 6.82. The highest BCUT2D eigenvalue weighted by Gasteiger charge is 2.09. The van der Waals surface area contributed by atoms with E-state index in [0.29, 0.717) is 11.4 Å². The zero-order chi connectivity index (χ0) is 15.1. The molecule has 0 atom stereocenters. The fourth-order valence-electron chi connectivity index (χ4n) is 1.54. The average Bonchev–Trinajstić information content (AvgIpc) is 3.01. The summed E-state index contributed by atoms with van der Waals surface area (Å²) in [6.45, 7) is 0.212. The van der Waals surface area contributed by atoms with E-state index < -0.39 is 5.91 Å². The van der Waals surface area contributed by atoms with E-state index in [4.69, 9.17) is 14.8 Å². The molecule has 2 rings (SSSR count). The highest BCUT2D eigenvalue weighted by atomic mass is 16.3. The van der Waals surface area contributed by atoms with Gasteiger partial charge in [-0.25, -0.2) is 0 Å². The van der Waals surface area contributed by atoms with Crippen LogP contribution in [0.2, 0.25) is 0 Å². The van der Waals surface area contributed by atoms with Gasteiger partial charge in [-0.3, -0.25) is 4.79 Å². The van der Waals surface area contributed by atoms with Gasteiger partial charge in [-0.15, -0.1) is 0 Å². The van der Waals surface area contributed by atoms with Crippen LogP contribution in [0.5, 0.6) is 5.75 Å². The molecule has 0 spiro atoms. The number of phenols is 1. The monoisotopic (exact) mass is 283 g/mol. The van der Waals surface area contributed by atoms with Gasteiger partial charge < -0.3 is 20.2 Å². The third kappa shape index (κ3) is 4.14. The number of aromatic hydroxyl groups is 1. The predicted octanol–water partition coefficient (Wildman–Crippen LogP) is 2.12. The first-order valence-electron chi connectivity index (χ1n) is 6.15. The molecule has 0 aliphatic heterocycles. The van der Waals surface area contributed by atoms with Crippen LogP contribution in [0, 0.1) is 11.3 Å². The molecule has 0 unspecified atom stereocenters. The van der Waals surface area contributed by atoms with Gasteiger partial charge in [0.05, 0.1) is 12.8 Å². The maximum atomic E-state index is 11.8. The zero-order valence-electron chi connectivity index (χ0n) is 11.0. The molecule has 0 saturated heterocycles. The van der Waals surface area contributed by atoms with Crippen LogP contribution >= 0.6 is 0 Å². The lowest BCUT2D eigenvalue weighted by Gasteiger charge is -2.04. The molecule has 1 amide bonds. The fourth-order valence-corrected chi connectivity index (χ4v) is 1.54. The Balaban J connectivity index is 1.94. The smallest absolute Gasteiger partial charge is 0.263 e. The number of anilines is 1. The molecule has 1 heterocycles. The van der Waals surface area contributed by atoms with Gasteiger partial charge in [-0.2, -0.15) is 5.26 Å². The molecule has 106 valence electrons. The van der Waals surface area contributed by atoms with E-state index >= 15 is 0 Å². The van der Waals surface area contributed by atoms with E-state index in [9.17, 15) is 4.79 Å². The van der Waals surface area contributed by atoms with Crippen molar-refractivity contribution in [1.29, 1.82) is 5.26 Å². The van der Waals surface area contributed by atoms with Crippen molar-refractivity contribution in [1.82, 2.24) is 5.32 Å². The van der Waals surface area contributed by atoms with Crippen molar-refractivity contribution in [2.24, 2.45) is 0 Å². The first kappa shape index (κ1) is 14.2. The second-order valence-electron chi connectivity index (χ2n) is 4.12. The number of amides is 1. The molecule has 0 saturated carbocycles. The second-order valence-corrected chi connectivity index (χ2v) is 4.12. The Morgan fingerprint density at radius 1 is 1.33 bits per heavy atom. The number of nitriles is 1. The molecule has 0 aliphatic rings. The van der Waals surface area contributed by atoms with Crippen LogP contribution in [0.25, 0.3) is 0 Å². The summed E-state index contributed by atoms with van der Waals surface area (Å²) in [5, 5.41) is 23.5. The minimum atomic E-state index is -0.500. The van der Waals surface area contributed by atoms with Gasteiger partial charge in [0, 0.05) is 11.9 Å². The number of nitrogens with one attached hydrogen (secondary N) is 2. The lowest BCUT2D eigenvalue weighted by molar-refractivity contribution is -0.117. The van der Waals surface area contributed by atoms with Crippen LogP contribution in [0.1, 0.15) is 5.76 Å². The topological polar surface area (TPSA) is 98.3 Å². The Kier molecular flexibility index (Phi) is 4.62. The first-order valence-corrected chi connectivity index (χ1v) is 6.15. The number of nitrogens with zero attached hydrogens (tertiary/aromatic N) is 1. The Bertz CT molecular complexity index is 667. The van der Waals surface area contributed by atoms with Gasteiger partial charge in [0.15, 0.2) is 0 Å². The summed E-state index contributed by atoms with van der Waals surface area (Å²) in [6.07, 6.45) is 2.82. The normalized spacial score (nSPS) is 10.7. The predicted molar refractivity (Wildman–Crippen MR) is 76.0 cm³/mol. The molecule has 21 heavy (non-hydrogen) atoms. The van der Waals surface area contributed by atoms with Crippen LogP contribution in [0.4, 0.5) is 5.69 Å². The number of benzene rings is 1. The van der Waals surface area contributed by atoms with Gasteiger partial charge in [0.1, 0.15) is 23.2 Å². The third-order valence-electron chi connectivity index (χ3n) is 2.62. The number of furan rings is 1. The van der Waals surface area contributed by atoms with Crippen molar-refractivity contribution < 1.29 is 14.3 Å². The van der Waals surface area contributed by atoms with Crippen LogP contribution in [0.15, 0.2) is 58.9 Å². The van der Waals surface area contributed by atoms with Crippen LogP contribution in [-0.2, 0) is 11.3 Å². The van der Waals surface area contributed by atoms with Crippen molar-refractivity contribution in [3.8, 4) is 11.8 Å². The molecular formula is C15H13N3O3. The number of hydrogen-bond acceptors (Lipinski definition) is 5. The standard InChI is InChI=1S/C15H13N3O3/c16-8-11(9-17-12-3-5-13(19)6-4-12)15(20)18-10-14-2-1-7-21-14/h1-7,9,17,19H,10H2,(H,18,20)/b11-9+. The molecule has 3 N–H and O–H groups in total. The zero-order valence-corrected chi connectivity index (χ0v) is 11.0. The summed E-state index contributed by atoms with van der Waals surface area (Å²) in [5.41, 5.74) is 0.592. The number of rotatable bonds is 5. The van der Waals surface area contributed by atoms with E-state index in [1.54, 1.807) is 24.3 Å². The van der Waals surface area contributed by atoms with Crippen LogP contribution in [0.3, 0.4) is 0 Å². The molecular weight excluding hydrogens is 270 g/mol. The summed E-state index contributed by atoms with van der Waals surface area (Å²) in [5.74, 6) is 0.244. The molecule has 6 nitrogen and oxygen atoms in total. The van der Waals surface area contributed by atoms with E-state index in [1.807, 2.05) is 6.07 Å². The Morgan fingerprint density at radius 3 is 2.71 bits per heavy atom. The number of phenolic OH excluding ortho intramolecular Hbond substituents is 1. The maximum Gasteiger partial charge on any atom is 0.263 e. The van der Waals surface area contributed by atoms with Gasteiger partial charge in [-0.1, -0.05) is 0 Å². The number of carbonyl (C=O) groups is 1. The number of carbonyl (C=O) groups excluding carboxylic acids is 1. The molecule has 1 aromatic carbocycles. The Hall–Kier alpha value is -3.20. The lowest BCUT2D eigenvalue weighted by atomic mass is 10.2. The molecule has 0 fully saturated rings. The van der Waals surface area contributed by atoms with Crippen molar-refractivity contribution in [3.05, 3.63) is 60.2 Å². The largest absolute Gasteiger partial charge is 0.508 e. The van der Waals surface area contributed by atoms with E-state index in [0.717, 1.165) is 0 Å². The van der Waals surface area contributed by atoms with Crippen molar-refractivity contribution in [3.63, 3.8) is 0 Å². The Morgan fingerprint density at radius 2 is 2.10 bits per heavy atom. The SMILES string of the molecule is N#C/C(=C\Nc1ccc(O)cc1)C(=O)NCc1ccco1. The van der Waals surface area contributed by atoms with Gasteiger partial charge >= 0.3 is 0 Å². The summed E-state index contributed by atoms with van der Waals surface area (Å²) in [4.78, 5) is 11.8. The Labute approximate surface area is 121 Å². The van der Waals surface area contributed by atoms with Gasteiger partial charge in [-0.05, 0) is 36.4 Å². The highest BCUT2D eigenvalue weighted by molar-refractivity contribution is 5.97. The fraction of sp³-hybridized carbons (Fsp3) is 0.0667. The molecule has 6 heteroatoms. The molecule has 1 aromatic heterocycles. The number of hydrogen-bond donors (Lipinski definition) is 3. The molecule has 0 aliphatic carbocycles. The van der Waals surface area contributed by atoms with E-state index in [1.165, 1.54) is 24.6 Å². The minimum absolute atomic E-state index is 0.0605. The molecule has 2 aromatic rings.